The Kier molecular flexibility index (Phi) is 5.54. The number of imide groups is 1. The molecule has 26 heavy (non-hydrogen) atoms. The Balaban J connectivity index is 1.59. The molecule has 0 atom stereocenters. The number of ether oxygens (including phenoxy) is 1. The summed E-state index contributed by atoms with van der Waals surface area (Å²) in [6, 6.07) is 5.80. The zero-order chi connectivity index (χ0) is 18.7. The molecule has 1 saturated carbocycles. The summed E-state index contributed by atoms with van der Waals surface area (Å²) in [7, 11) is 0. The molecule has 1 aliphatic heterocycles. The van der Waals surface area contributed by atoms with Crippen LogP contribution in [0.3, 0.4) is 0 Å². The third-order valence-corrected chi connectivity index (χ3v) is 5.65. The highest BCUT2D eigenvalue weighted by Gasteiger charge is 2.50. The number of amides is 3. The van der Waals surface area contributed by atoms with Crippen molar-refractivity contribution in [2.45, 2.75) is 70.8 Å². The molecule has 1 saturated heterocycles. The Morgan fingerprint density at radius 2 is 1.85 bits per heavy atom. The van der Waals surface area contributed by atoms with Gasteiger partial charge in [0.15, 0.2) is 0 Å². The number of nitrogens with one attached hydrogen (secondary N) is 1. The quantitative estimate of drug-likeness (QED) is 0.805. The zero-order valence-corrected chi connectivity index (χ0v) is 16.1. The second-order valence-corrected chi connectivity index (χ2v) is 7.90. The van der Waals surface area contributed by atoms with Gasteiger partial charge in [0, 0.05) is 0 Å². The largest absolute Gasteiger partial charge is 0.492 e. The Bertz CT molecular complexity index is 676. The van der Waals surface area contributed by atoms with Crippen molar-refractivity contribution in [3.63, 3.8) is 0 Å². The van der Waals surface area contributed by atoms with E-state index in [1.165, 1.54) is 16.0 Å². The van der Waals surface area contributed by atoms with Gasteiger partial charge in [-0.15, -0.1) is 0 Å². The van der Waals surface area contributed by atoms with Gasteiger partial charge in [-0.25, -0.2) is 4.79 Å². The third kappa shape index (κ3) is 3.71. The molecule has 142 valence electrons. The number of benzene rings is 1. The van der Waals surface area contributed by atoms with E-state index in [9.17, 15) is 9.59 Å². The number of rotatable bonds is 5. The average molecular weight is 358 g/mol. The van der Waals surface area contributed by atoms with Crippen LogP contribution in [0.25, 0.3) is 0 Å². The molecular formula is C21H30N2O3. The van der Waals surface area contributed by atoms with Crippen molar-refractivity contribution >= 4 is 11.9 Å². The predicted molar refractivity (Wildman–Crippen MR) is 101 cm³/mol. The molecule has 2 fully saturated rings. The van der Waals surface area contributed by atoms with Gasteiger partial charge >= 0.3 is 6.03 Å². The van der Waals surface area contributed by atoms with Crippen LogP contribution in [0, 0.1) is 6.92 Å². The summed E-state index contributed by atoms with van der Waals surface area (Å²) in [6.45, 7) is 7.02. The van der Waals surface area contributed by atoms with E-state index in [4.69, 9.17) is 4.74 Å². The highest BCUT2D eigenvalue weighted by atomic mass is 16.5. The number of aryl methyl sites for hydroxylation is 1. The molecule has 1 spiro atoms. The molecule has 0 unspecified atom stereocenters. The van der Waals surface area contributed by atoms with E-state index in [0.717, 1.165) is 44.3 Å². The minimum Gasteiger partial charge on any atom is -0.492 e. The summed E-state index contributed by atoms with van der Waals surface area (Å²) >= 11 is 0. The van der Waals surface area contributed by atoms with Crippen LogP contribution >= 0.6 is 0 Å². The van der Waals surface area contributed by atoms with Gasteiger partial charge in [0.25, 0.3) is 5.91 Å². The maximum absolute atomic E-state index is 12.8. The van der Waals surface area contributed by atoms with Crippen LogP contribution in [-0.4, -0.2) is 35.5 Å². The van der Waals surface area contributed by atoms with Crippen molar-refractivity contribution in [1.29, 1.82) is 0 Å². The maximum atomic E-state index is 12.8. The molecule has 2 aliphatic rings. The van der Waals surface area contributed by atoms with Crippen LogP contribution < -0.4 is 10.1 Å². The summed E-state index contributed by atoms with van der Waals surface area (Å²) in [5.41, 5.74) is 1.84. The fraction of sp³-hybridized carbons (Fsp3) is 0.619. The Morgan fingerprint density at radius 1 is 1.15 bits per heavy atom. The normalized spacial score (nSPS) is 19.8. The standard InChI is InChI=1S/C21H30N2O3/c1-15(2)18-9-8-17(14-16(18)3)26-13-12-23-19(24)21(22-20(23)25)10-6-4-5-7-11-21/h8-9,14-15H,4-7,10-13H2,1-3H3,(H,22,25). The summed E-state index contributed by atoms with van der Waals surface area (Å²) < 4.78 is 5.81. The SMILES string of the molecule is Cc1cc(OCCN2C(=O)NC3(CCCCCC3)C2=O)ccc1C(C)C. The van der Waals surface area contributed by atoms with Crippen LogP contribution in [0.4, 0.5) is 4.79 Å². The van der Waals surface area contributed by atoms with Gasteiger partial charge in [0.1, 0.15) is 17.9 Å². The van der Waals surface area contributed by atoms with Crippen molar-refractivity contribution in [2.24, 2.45) is 0 Å². The van der Waals surface area contributed by atoms with E-state index in [-0.39, 0.29) is 18.5 Å². The molecule has 0 aromatic heterocycles. The number of hydrogen-bond acceptors (Lipinski definition) is 3. The third-order valence-electron chi connectivity index (χ3n) is 5.65. The molecule has 3 amide bonds. The Morgan fingerprint density at radius 3 is 2.46 bits per heavy atom. The molecule has 0 bridgehead atoms. The lowest BCUT2D eigenvalue weighted by molar-refractivity contribution is -0.132. The summed E-state index contributed by atoms with van der Waals surface area (Å²) in [4.78, 5) is 26.5. The van der Waals surface area contributed by atoms with Gasteiger partial charge in [-0.1, -0.05) is 45.6 Å². The summed E-state index contributed by atoms with van der Waals surface area (Å²) in [5, 5.41) is 2.97. The van der Waals surface area contributed by atoms with Crippen molar-refractivity contribution in [3.8, 4) is 5.75 Å². The zero-order valence-electron chi connectivity index (χ0n) is 16.1. The van der Waals surface area contributed by atoms with Crippen molar-refractivity contribution in [3.05, 3.63) is 29.3 Å². The van der Waals surface area contributed by atoms with Crippen LogP contribution in [-0.2, 0) is 4.79 Å². The van der Waals surface area contributed by atoms with Gasteiger partial charge in [-0.3, -0.25) is 9.69 Å². The van der Waals surface area contributed by atoms with E-state index in [1.807, 2.05) is 12.1 Å². The van der Waals surface area contributed by atoms with Gasteiger partial charge < -0.3 is 10.1 Å². The first kappa shape index (κ1) is 18.7. The fourth-order valence-corrected chi connectivity index (χ4v) is 4.19. The number of nitrogens with zero attached hydrogens (tertiary/aromatic N) is 1. The lowest BCUT2D eigenvalue weighted by Crippen LogP contribution is -2.46. The van der Waals surface area contributed by atoms with Gasteiger partial charge in [0.2, 0.25) is 0 Å². The molecule has 1 aromatic carbocycles. The number of urea groups is 1. The maximum Gasteiger partial charge on any atom is 0.325 e. The van der Waals surface area contributed by atoms with E-state index >= 15 is 0 Å². The molecule has 1 aromatic rings. The van der Waals surface area contributed by atoms with E-state index in [0.29, 0.717) is 12.5 Å². The molecule has 5 nitrogen and oxygen atoms in total. The van der Waals surface area contributed by atoms with E-state index in [1.54, 1.807) is 0 Å². The molecule has 1 N–H and O–H groups in total. The highest BCUT2D eigenvalue weighted by molar-refractivity contribution is 6.07. The Hall–Kier alpha value is -2.04. The second-order valence-electron chi connectivity index (χ2n) is 7.90. The van der Waals surface area contributed by atoms with Crippen LogP contribution in [0.15, 0.2) is 18.2 Å². The molecule has 1 heterocycles. The van der Waals surface area contributed by atoms with Gasteiger partial charge in [-0.2, -0.15) is 0 Å². The van der Waals surface area contributed by atoms with Crippen LogP contribution in [0.5, 0.6) is 5.75 Å². The highest BCUT2D eigenvalue weighted by Crippen LogP contribution is 2.32. The second kappa shape index (κ2) is 7.68. The molecule has 1 aliphatic carbocycles. The lowest BCUT2D eigenvalue weighted by atomic mass is 9.90. The average Bonchev–Trinajstić information content (AvgIpc) is 2.76. The number of hydrogen-bond donors (Lipinski definition) is 1. The minimum atomic E-state index is -0.664. The van der Waals surface area contributed by atoms with E-state index < -0.39 is 5.54 Å². The first-order valence-electron chi connectivity index (χ1n) is 9.80. The fourth-order valence-electron chi connectivity index (χ4n) is 4.19. The number of carbonyl (C=O) groups excluding carboxylic acids is 2. The first-order chi connectivity index (χ1) is 12.4. The van der Waals surface area contributed by atoms with Gasteiger partial charge in [0.05, 0.1) is 6.54 Å². The molecule has 5 heteroatoms. The summed E-state index contributed by atoms with van der Waals surface area (Å²) in [6.07, 6.45) is 5.78. The minimum absolute atomic E-state index is 0.0701. The number of carbonyl (C=O) groups is 2. The topological polar surface area (TPSA) is 58.6 Å². The summed E-state index contributed by atoms with van der Waals surface area (Å²) in [5.74, 6) is 1.19. The Labute approximate surface area is 156 Å². The predicted octanol–water partition coefficient (Wildman–Crippen LogP) is 4.14. The molecular weight excluding hydrogens is 328 g/mol. The van der Waals surface area contributed by atoms with E-state index in [2.05, 4.69) is 32.2 Å². The van der Waals surface area contributed by atoms with Crippen molar-refractivity contribution in [2.75, 3.05) is 13.2 Å². The monoisotopic (exact) mass is 358 g/mol. The molecule has 3 rings (SSSR count). The van der Waals surface area contributed by atoms with Crippen molar-refractivity contribution < 1.29 is 14.3 Å². The molecule has 0 radical (unpaired) electrons. The first-order valence-corrected chi connectivity index (χ1v) is 9.80. The smallest absolute Gasteiger partial charge is 0.325 e. The van der Waals surface area contributed by atoms with Crippen LogP contribution in [0.1, 0.15) is 69.4 Å². The van der Waals surface area contributed by atoms with Crippen molar-refractivity contribution in [1.82, 2.24) is 10.2 Å². The lowest BCUT2D eigenvalue weighted by Gasteiger charge is -2.24. The van der Waals surface area contributed by atoms with Crippen LogP contribution in [0.2, 0.25) is 0 Å². The van der Waals surface area contributed by atoms with Gasteiger partial charge in [-0.05, 0) is 48.9 Å².